The van der Waals surface area contributed by atoms with Gasteiger partial charge in [0.05, 0.1) is 7.11 Å². The first-order valence-electron chi connectivity index (χ1n) is 7.52. The molecule has 0 aromatic heterocycles. The number of nitrogens with two attached hydrogens (primary N) is 1. The molecule has 1 rings (SSSR count). The lowest BCUT2D eigenvalue weighted by Gasteiger charge is -2.19. The normalized spacial score (nSPS) is 12.5. The molecule has 1 aromatic rings. The van der Waals surface area contributed by atoms with E-state index < -0.39 is 0 Å². The number of rotatable bonds is 9. The van der Waals surface area contributed by atoms with Crippen LogP contribution in [0.5, 0.6) is 5.75 Å². The second-order valence-electron chi connectivity index (χ2n) is 5.79. The third kappa shape index (κ3) is 6.06. The molecule has 1 aromatic carbocycles. The van der Waals surface area contributed by atoms with Crippen molar-refractivity contribution in [3.8, 4) is 5.75 Å². The number of ether oxygens (including phenoxy) is 1. The van der Waals surface area contributed by atoms with Gasteiger partial charge in [0.15, 0.2) is 0 Å². The van der Waals surface area contributed by atoms with E-state index in [4.69, 9.17) is 22.1 Å². The first kappa shape index (κ1) is 18.0. The molecule has 0 saturated heterocycles. The lowest BCUT2D eigenvalue weighted by Crippen LogP contribution is -2.16. The summed E-state index contributed by atoms with van der Waals surface area (Å²) in [6, 6.07) is 5.37. The molecule has 1 atom stereocenters. The average Bonchev–Trinajstić information content (AvgIpc) is 2.43. The Bertz CT molecular complexity index is 460. The minimum absolute atomic E-state index is 0.221. The van der Waals surface area contributed by atoms with Gasteiger partial charge in [-0.15, -0.1) is 0 Å². The number of carbonyl (C=O) groups is 1. The molecule has 0 spiro atoms. The largest absolute Gasteiger partial charge is 0.496 e. The third-order valence-corrected chi connectivity index (χ3v) is 4.14. The van der Waals surface area contributed by atoms with Gasteiger partial charge in [-0.1, -0.05) is 25.4 Å². The Balaban J connectivity index is 2.59. The molecule has 118 valence electrons. The van der Waals surface area contributed by atoms with Crippen LogP contribution in [0.15, 0.2) is 18.2 Å². The van der Waals surface area contributed by atoms with E-state index in [0.717, 1.165) is 24.2 Å². The van der Waals surface area contributed by atoms with E-state index in [1.54, 1.807) is 25.3 Å². The van der Waals surface area contributed by atoms with Gasteiger partial charge >= 0.3 is 0 Å². The molecule has 0 aliphatic rings. The van der Waals surface area contributed by atoms with Gasteiger partial charge in [0, 0.05) is 23.4 Å². The second-order valence-corrected chi connectivity index (χ2v) is 6.23. The van der Waals surface area contributed by atoms with Crippen LogP contribution in [-0.4, -0.2) is 19.4 Å². The summed E-state index contributed by atoms with van der Waals surface area (Å²) in [4.78, 5) is 12.2. The second kappa shape index (κ2) is 9.06. The zero-order chi connectivity index (χ0) is 15.8. The van der Waals surface area contributed by atoms with Gasteiger partial charge < -0.3 is 10.5 Å². The van der Waals surface area contributed by atoms with Crippen molar-refractivity contribution in [1.29, 1.82) is 0 Å². The van der Waals surface area contributed by atoms with Crippen molar-refractivity contribution in [2.75, 3.05) is 13.7 Å². The van der Waals surface area contributed by atoms with Crippen molar-refractivity contribution in [3.05, 3.63) is 28.8 Å². The lowest BCUT2D eigenvalue weighted by atomic mass is 9.87. The molecule has 4 heteroatoms. The third-order valence-electron chi connectivity index (χ3n) is 3.90. The molecule has 0 aliphatic carbocycles. The first-order chi connectivity index (χ1) is 9.97. The SMILES string of the molecule is COc1ccc(Cl)cc1CC(=O)CCC(CCN)C(C)C. The quantitative estimate of drug-likeness (QED) is 0.753. The van der Waals surface area contributed by atoms with Crippen LogP contribution in [0.1, 0.15) is 38.7 Å². The standard InChI is InChI=1S/C17H26ClNO2/c1-12(2)13(8-9-19)4-6-16(20)11-14-10-15(18)5-7-17(14)21-3/h5,7,10,12-13H,4,6,8-9,11,19H2,1-3H3. The van der Waals surface area contributed by atoms with Crippen LogP contribution in [0.25, 0.3) is 0 Å². The number of carbonyl (C=O) groups excluding carboxylic acids is 1. The van der Waals surface area contributed by atoms with E-state index >= 15 is 0 Å². The van der Waals surface area contributed by atoms with Gasteiger partial charge in [-0.05, 0) is 49.4 Å². The van der Waals surface area contributed by atoms with E-state index in [0.29, 0.717) is 36.2 Å². The fourth-order valence-corrected chi connectivity index (χ4v) is 2.75. The number of halogens is 1. The molecule has 0 radical (unpaired) electrons. The smallest absolute Gasteiger partial charge is 0.137 e. The zero-order valence-corrected chi connectivity index (χ0v) is 14.0. The molecular weight excluding hydrogens is 286 g/mol. The van der Waals surface area contributed by atoms with Gasteiger partial charge in [0.25, 0.3) is 0 Å². The van der Waals surface area contributed by atoms with Crippen molar-refractivity contribution in [2.24, 2.45) is 17.6 Å². The van der Waals surface area contributed by atoms with Crippen molar-refractivity contribution < 1.29 is 9.53 Å². The van der Waals surface area contributed by atoms with Gasteiger partial charge in [-0.3, -0.25) is 4.79 Å². The summed E-state index contributed by atoms with van der Waals surface area (Å²) in [7, 11) is 1.60. The molecule has 0 fully saturated rings. The molecule has 1 unspecified atom stereocenters. The van der Waals surface area contributed by atoms with E-state index in [9.17, 15) is 4.79 Å². The highest BCUT2D eigenvalue weighted by Crippen LogP contribution is 2.25. The van der Waals surface area contributed by atoms with Crippen LogP contribution in [-0.2, 0) is 11.2 Å². The molecule has 0 heterocycles. The maximum absolute atomic E-state index is 12.2. The fraction of sp³-hybridized carbons (Fsp3) is 0.588. The van der Waals surface area contributed by atoms with Crippen molar-refractivity contribution in [1.82, 2.24) is 0 Å². The van der Waals surface area contributed by atoms with Crippen molar-refractivity contribution in [2.45, 2.75) is 39.5 Å². The topological polar surface area (TPSA) is 52.3 Å². The van der Waals surface area contributed by atoms with E-state index in [1.807, 2.05) is 0 Å². The van der Waals surface area contributed by atoms with Crippen LogP contribution in [0.2, 0.25) is 5.02 Å². The summed E-state index contributed by atoms with van der Waals surface area (Å²) in [6.45, 7) is 5.05. The summed E-state index contributed by atoms with van der Waals surface area (Å²) in [5, 5.41) is 0.627. The highest BCUT2D eigenvalue weighted by atomic mass is 35.5. The number of benzene rings is 1. The summed E-state index contributed by atoms with van der Waals surface area (Å²) in [5.41, 5.74) is 6.49. The Hall–Kier alpha value is -1.06. The van der Waals surface area contributed by atoms with Crippen LogP contribution in [0, 0.1) is 11.8 Å². The Labute approximate surface area is 132 Å². The predicted molar refractivity (Wildman–Crippen MR) is 87.9 cm³/mol. The minimum atomic E-state index is 0.221. The van der Waals surface area contributed by atoms with Crippen LogP contribution >= 0.6 is 11.6 Å². The van der Waals surface area contributed by atoms with Gasteiger partial charge in [0.2, 0.25) is 0 Å². The predicted octanol–water partition coefficient (Wildman–Crippen LogP) is 3.86. The number of hydrogen-bond donors (Lipinski definition) is 1. The van der Waals surface area contributed by atoms with Gasteiger partial charge in [0.1, 0.15) is 11.5 Å². The van der Waals surface area contributed by atoms with Crippen molar-refractivity contribution in [3.63, 3.8) is 0 Å². The fourth-order valence-electron chi connectivity index (χ4n) is 2.56. The summed E-state index contributed by atoms with van der Waals surface area (Å²) in [5.74, 6) is 2.01. The Kier molecular flexibility index (Phi) is 7.76. The molecule has 2 N–H and O–H groups in total. The molecule has 0 bridgehead atoms. The highest BCUT2D eigenvalue weighted by molar-refractivity contribution is 6.30. The minimum Gasteiger partial charge on any atom is -0.496 e. The van der Waals surface area contributed by atoms with E-state index in [-0.39, 0.29) is 5.78 Å². The number of ketones is 1. The molecule has 0 aliphatic heterocycles. The maximum Gasteiger partial charge on any atom is 0.137 e. The molecular formula is C17H26ClNO2. The molecule has 3 nitrogen and oxygen atoms in total. The van der Waals surface area contributed by atoms with Crippen LogP contribution in [0.4, 0.5) is 0 Å². The number of hydrogen-bond acceptors (Lipinski definition) is 3. The van der Waals surface area contributed by atoms with Crippen LogP contribution in [0.3, 0.4) is 0 Å². The van der Waals surface area contributed by atoms with Crippen LogP contribution < -0.4 is 10.5 Å². The molecule has 0 saturated carbocycles. The van der Waals surface area contributed by atoms with E-state index in [1.165, 1.54) is 0 Å². The van der Waals surface area contributed by atoms with E-state index in [2.05, 4.69) is 13.8 Å². The lowest BCUT2D eigenvalue weighted by molar-refractivity contribution is -0.118. The van der Waals surface area contributed by atoms with Gasteiger partial charge in [-0.2, -0.15) is 0 Å². The number of Topliss-reactive ketones (excluding diaryl/α,β-unsaturated/α-hetero) is 1. The Morgan fingerprint density at radius 1 is 1.33 bits per heavy atom. The monoisotopic (exact) mass is 311 g/mol. The molecule has 21 heavy (non-hydrogen) atoms. The average molecular weight is 312 g/mol. The number of methoxy groups -OCH3 is 1. The zero-order valence-electron chi connectivity index (χ0n) is 13.2. The summed E-state index contributed by atoms with van der Waals surface area (Å²) in [6.07, 6.45) is 2.83. The van der Waals surface area contributed by atoms with Crippen molar-refractivity contribution >= 4 is 17.4 Å². The Morgan fingerprint density at radius 3 is 2.62 bits per heavy atom. The summed E-state index contributed by atoms with van der Waals surface area (Å²) < 4.78 is 5.28. The Morgan fingerprint density at radius 2 is 2.05 bits per heavy atom. The summed E-state index contributed by atoms with van der Waals surface area (Å²) >= 11 is 5.99. The maximum atomic E-state index is 12.2. The van der Waals surface area contributed by atoms with Gasteiger partial charge in [-0.25, -0.2) is 0 Å². The first-order valence-corrected chi connectivity index (χ1v) is 7.89. The highest BCUT2D eigenvalue weighted by Gasteiger charge is 2.15. The molecule has 0 amide bonds.